The summed E-state index contributed by atoms with van der Waals surface area (Å²) in [7, 11) is 1.30. The van der Waals surface area contributed by atoms with Crippen LogP contribution in [-0.2, 0) is 0 Å². The number of carbonyl (C=O) groups is 1. The number of nitro benzene ring substituents is 1. The molecule has 1 amide bonds. The molecule has 2 unspecified atom stereocenters. The Morgan fingerprint density at radius 1 is 1.30 bits per heavy atom. The Morgan fingerprint density at radius 3 is 2.52 bits per heavy atom. The Hall–Kier alpha value is -2.52. The van der Waals surface area contributed by atoms with Crippen molar-refractivity contribution in [2.45, 2.75) is 44.8 Å². The largest absolute Gasteiger partial charge is 0.493 e. The molecule has 0 aromatic heterocycles. The molecule has 0 aliphatic heterocycles. The van der Waals surface area contributed by atoms with Crippen LogP contribution in [0.15, 0.2) is 12.1 Å². The van der Waals surface area contributed by atoms with Gasteiger partial charge in [-0.25, -0.2) is 0 Å². The summed E-state index contributed by atoms with van der Waals surface area (Å²) in [5.74, 6) is -2.44. The zero-order valence-corrected chi connectivity index (χ0v) is 15.0. The molecule has 1 aliphatic carbocycles. The van der Waals surface area contributed by atoms with Gasteiger partial charge in [0.05, 0.1) is 30.6 Å². The molecule has 10 heteroatoms. The lowest BCUT2D eigenvalue weighted by Crippen LogP contribution is -2.47. The number of nitro groups is 1. The molecule has 1 saturated carbocycles. The highest BCUT2D eigenvalue weighted by atomic mass is 19.4. The van der Waals surface area contributed by atoms with Gasteiger partial charge in [-0.15, -0.1) is 0 Å². The van der Waals surface area contributed by atoms with Crippen LogP contribution in [0.25, 0.3) is 0 Å². The number of benzene rings is 1. The molecular formula is C17H21F3N2O5. The van der Waals surface area contributed by atoms with Crippen molar-refractivity contribution in [2.24, 2.45) is 5.92 Å². The quantitative estimate of drug-likeness (QED) is 0.588. The van der Waals surface area contributed by atoms with Crippen molar-refractivity contribution in [1.82, 2.24) is 5.32 Å². The highest BCUT2D eigenvalue weighted by Gasteiger charge is 2.46. The number of rotatable bonds is 6. The maximum absolute atomic E-state index is 13.2. The molecule has 1 aromatic rings. The van der Waals surface area contributed by atoms with Crippen LogP contribution in [0.3, 0.4) is 0 Å². The lowest BCUT2D eigenvalue weighted by molar-refractivity contribution is -0.385. The topological polar surface area (TPSA) is 90.7 Å². The Labute approximate surface area is 154 Å². The van der Waals surface area contributed by atoms with Gasteiger partial charge in [0.2, 0.25) is 0 Å². The molecule has 1 fully saturated rings. The van der Waals surface area contributed by atoms with E-state index in [1.54, 1.807) is 6.92 Å². The number of methoxy groups -OCH3 is 1. The van der Waals surface area contributed by atoms with E-state index >= 15 is 0 Å². The van der Waals surface area contributed by atoms with Gasteiger partial charge in [0.25, 0.3) is 11.6 Å². The van der Waals surface area contributed by atoms with Crippen molar-refractivity contribution in [1.29, 1.82) is 0 Å². The Kier molecular flexibility index (Phi) is 6.50. The van der Waals surface area contributed by atoms with Crippen molar-refractivity contribution in [3.05, 3.63) is 27.8 Å². The van der Waals surface area contributed by atoms with Gasteiger partial charge >= 0.3 is 6.18 Å². The third kappa shape index (κ3) is 4.81. The molecule has 27 heavy (non-hydrogen) atoms. The third-order valence-corrected chi connectivity index (χ3v) is 4.53. The Morgan fingerprint density at radius 2 is 1.96 bits per heavy atom. The Bertz CT molecular complexity index is 709. The fourth-order valence-corrected chi connectivity index (χ4v) is 3.25. The number of hydrogen-bond donors (Lipinski definition) is 1. The molecule has 1 aliphatic rings. The van der Waals surface area contributed by atoms with E-state index in [9.17, 15) is 28.1 Å². The van der Waals surface area contributed by atoms with Crippen molar-refractivity contribution in [2.75, 3.05) is 13.7 Å². The normalized spacial score (nSPS) is 20.0. The van der Waals surface area contributed by atoms with Crippen LogP contribution in [-0.4, -0.2) is 36.8 Å². The van der Waals surface area contributed by atoms with Crippen LogP contribution < -0.4 is 14.8 Å². The molecular weight excluding hydrogens is 369 g/mol. The zero-order valence-electron chi connectivity index (χ0n) is 15.0. The van der Waals surface area contributed by atoms with Crippen molar-refractivity contribution in [3.8, 4) is 11.5 Å². The van der Waals surface area contributed by atoms with Gasteiger partial charge in [0.15, 0.2) is 11.5 Å². The van der Waals surface area contributed by atoms with E-state index in [1.165, 1.54) is 7.11 Å². The minimum atomic E-state index is -4.44. The standard InChI is InChI=1S/C17H21F3N2O5/c1-3-27-15-9-13(22(24)25)10(8-14(15)26-2)16(23)21-12-7-5-4-6-11(12)17(18,19)20/h8-9,11-12H,3-7H2,1-2H3,(H,21,23). The third-order valence-electron chi connectivity index (χ3n) is 4.53. The van der Waals surface area contributed by atoms with Gasteiger partial charge in [-0.2, -0.15) is 13.2 Å². The fourth-order valence-electron chi connectivity index (χ4n) is 3.25. The van der Waals surface area contributed by atoms with E-state index in [2.05, 4.69) is 5.32 Å². The molecule has 1 aromatic carbocycles. The molecule has 2 rings (SSSR count). The first kappa shape index (κ1) is 20.8. The second kappa shape index (κ2) is 8.45. The number of hydrogen-bond acceptors (Lipinski definition) is 5. The number of amides is 1. The molecule has 0 radical (unpaired) electrons. The monoisotopic (exact) mass is 390 g/mol. The summed E-state index contributed by atoms with van der Waals surface area (Å²) in [6, 6.07) is 1.03. The number of nitrogens with zero attached hydrogens (tertiary/aromatic N) is 1. The highest BCUT2D eigenvalue weighted by molar-refractivity contribution is 5.99. The highest BCUT2D eigenvalue weighted by Crippen LogP contribution is 2.39. The van der Waals surface area contributed by atoms with Crippen molar-refractivity contribution >= 4 is 11.6 Å². The van der Waals surface area contributed by atoms with Crippen LogP contribution in [0.5, 0.6) is 11.5 Å². The number of halogens is 3. The van der Waals surface area contributed by atoms with Crippen molar-refractivity contribution in [3.63, 3.8) is 0 Å². The summed E-state index contributed by atoms with van der Waals surface area (Å²) >= 11 is 0. The van der Waals surface area contributed by atoms with Crippen LogP contribution in [0.1, 0.15) is 43.0 Å². The minimum absolute atomic E-state index is 0.0779. The average Bonchev–Trinajstić information content (AvgIpc) is 2.61. The van der Waals surface area contributed by atoms with E-state index in [4.69, 9.17) is 9.47 Å². The molecule has 0 spiro atoms. The number of nitrogens with one attached hydrogen (secondary N) is 1. The van der Waals surface area contributed by atoms with E-state index in [0.717, 1.165) is 12.1 Å². The molecule has 0 heterocycles. The lowest BCUT2D eigenvalue weighted by atomic mass is 9.84. The summed E-state index contributed by atoms with van der Waals surface area (Å²) in [6.07, 6.45) is -3.39. The molecule has 2 atom stereocenters. The van der Waals surface area contributed by atoms with Crippen LogP contribution in [0.2, 0.25) is 0 Å². The van der Waals surface area contributed by atoms with Gasteiger partial charge in [-0.1, -0.05) is 12.8 Å². The van der Waals surface area contributed by atoms with E-state index in [-0.39, 0.29) is 36.5 Å². The molecule has 0 saturated heterocycles. The second-order valence-electron chi connectivity index (χ2n) is 6.22. The van der Waals surface area contributed by atoms with Gasteiger partial charge < -0.3 is 14.8 Å². The zero-order chi connectivity index (χ0) is 20.2. The lowest BCUT2D eigenvalue weighted by Gasteiger charge is -2.33. The predicted molar refractivity (Wildman–Crippen MR) is 90.1 cm³/mol. The van der Waals surface area contributed by atoms with Gasteiger partial charge in [0, 0.05) is 12.1 Å². The maximum Gasteiger partial charge on any atom is 0.393 e. The number of carbonyl (C=O) groups excluding carboxylic acids is 1. The first-order chi connectivity index (χ1) is 12.7. The first-order valence-corrected chi connectivity index (χ1v) is 8.55. The van der Waals surface area contributed by atoms with Crippen molar-refractivity contribution < 1.29 is 32.4 Å². The summed E-state index contributed by atoms with van der Waals surface area (Å²) in [6.45, 7) is 1.89. The predicted octanol–water partition coefficient (Wildman–Crippen LogP) is 3.85. The SMILES string of the molecule is CCOc1cc([N+](=O)[O-])c(C(=O)NC2CCCCC2C(F)(F)F)cc1OC. The van der Waals surface area contributed by atoms with Crippen LogP contribution >= 0.6 is 0 Å². The number of alkyl halides is 3. The van der Waals surface area contributed by atoms with E-state index < -0.39 is 34.7 Å². The fraction of sp³-hybridized carbons (Fsp3) is 0.588. The van der Waals surface area contributed by atoms with Gasteiger partial charge in [0.1, 0.15) is 5.56 Å². The molecule has 150 valence electrons. The van der Waals surface area contributed by atoms with Crippen LogP contribution in [0.4, 0.5) is 18.9 Å². The van der Waals surface area contributed by atoms with E-state index in [0.29, 0.717) is 12.8 Å². The van der Waals surface area contributed by atoms with Gasteiger partial charge in [-0.05, 0) is 19.8 Å². The Balaban J connectivity index is 2.35. The number of ether oxygens (including phenoxy) is 2. The first-order valence-electron chi connectivity index (χ1n) is 8.55. The summed E-state index contributed by atoms with van der Waals surface area (Å²) < 4.78 is 50.0. The van der Waals surface area contributed by atoms with E-state index in [1.807, 2.05) is 0 Å². The molecule has 7 nitrogen and oxygen atoms in total. The van der Waals surface area contributed by atoms with Crippen LogP contribution in [0, 0.1) is 16.0 Å². The minimum Gasteiger partial charge on any atom is -0.493 e. The average molecular weight is 390 g/mol. The van der Waals surface area contributed by atoms with Gasteiger partial charge in [-0.3, -0.25) is 14.9 Å². The summed E-state index contributed by atoms with van der Waals surface area (Å²) in [5.41, 5.74) is -0.928. The summed E-state index contributed by atoms with van der Waals surface area (Å²) in [5, 5.41) is 13.7. The molecule has 1 N–H and O–H groups in total. The second-order valence-corrected chi connectivity index (χ2v) is 6.22. The smallest absolute Gasteiger partial charge is 0.393 e. The maximum atomic E-state index is 13.2. The summed E-state index contributed by atoms with van der Waals surface area (Å²) in [4.78, 5) is 23.1. The molecule has 0 bridgehead atoms.